The second-order valence-corrected chi connectivity index (χ2v) is 3.10. The monoisotopic (exact) mass is 176 g/mol. The first-order valence-electron chi connectivity index (χ1n) is 4.34. The van der Waals surface area contributed by atoms with Crippen LogP contribution in [0.4, 0.5) is 0 Å². The average molecular weight is 176 g/mol. The van der Waals surface area contributed by atoms with Crippen LogP contribution in [-0.4, -0.2) is 21.3 Å². The molecule has 0 aromatic carbocycles. The minimum atomic E-state index is 0.153. The summed E-state index contributed by atoms with van der Waals surface area (Å²) >= 11 is 0. The van der Waals surface area contributed by atoms with Crippen molar-refractivity contribution in [3.8, 4) is 0 Å². The van der Waals surface area contributed by atoms with Gasteiger partial charge in [0.05, 0.1) is 6.61 Å². The average Bonchev–Trinajstić information content (AvgIpc) is 2.46. The Balaban J connectivity index is 2.63. The van der Waals surface area contributed by atoms with Gasteiger partial charge in [0.1, 0.15) is 5.65 Å². The van der Waals surface area contributed by atoms with Crippen LogP contribution in [0.25, 0.3) is 11.0 Å². The van der Waals surface area contributed by atoms with Crippen LogP contribution in [-0.2, 0) is 6.54 Å². The summed E-state index contributed by atoms with van der Waals surface area (Å²) in [6.07, 6.45) is 3.80. The summed E-state index contributed by atoms with van der Waals surface area (Å²) in [5, 5.41) is 10.0. The molecule has 0 radical (unpaired) electrons. The van der Waals surface area contributed by atoms with E-state index in [1.807, 2.05) is 22.9 Å². The van der Waals surface area contributed by atoms with Crippen molar-refractivity contribution in [1.29, 1.82) is 0 Å². The number of fused-ring (bicyclic) bond motifs is 1. The zero-order chi connectivity index (χ0) is 9.26. The second-order valence-electron chi connectivity index (χ2n) is 3.10. The van der Waals surface area contributed by atoms with E-state index in [9.17, 15) is 0 Å². The number of hydrogen-bond acceptors (Lipinski definition) is 2. The molecule has 0 atom stereocenters. The molecular weight excluding hydrogens is 164 g/mol. The smallest absolute Gasteiger partial charge is 0.140 e. The van der Waals surface area contributed by atoms with Crippen LogP contribution < -0.4 is 0 Å². The Bertz CT molecular complexity index is 420. The Morgan fingerprint density at radius 2 is 2.38 bits per heavy atom. The first-order chi connectivity index (χ1) is 6.33. The highest BCUT2D eigenvalue weighted by molar-refractivity contribution is 5.79. The van der Waals surface area contributed by atoms with Crippen LogP contribution in [0.2, 0.25) is 0 Å². The molecule has 0 aliphatic heterocycles. The zero-order valence-electron chi connectivity index (χ0n) is 7.57. The third-order valence-corrected chi connectivity index (χ3v) is 2.17. The van der Waals surface area contributed by atoms with E-state index in [0.717, 1.165) is 11.0 Å². The predicted molar refractivity (Wildman–Crippen MR) is 51.6 cm³/mol. The molecule has 0 aliphatic rings. The molecule has 2 aromatic rings. The first-order valence-corrected chi connectivity index (χ1v) is 4.34. The van der Waals surface area contributed by atoms with Crippen molar-refractivity contribution in [3.05, 3.63) is 30.1 Å². The molecule has 0 spiro atoms. The van der Waals surface area contributed by atoms with E-state index < -0.39 is 0 Å². The summed E-state index contributed by atoms with van der Waals surface area (Å²) in [6.45, 7) is 2.82. The maximum atomic E-state index is 8.84. The largest absolute Gasteiger partial charge is 0.395 e. The van der Waals surface area contributed by atoms with Crippen LogP contribution in [0.1, 0.15) is 5.56 Å². The second kappa shape index (κ2) is 3.18. The van der Waals surface area contributed by atoms with Gasteiger partial charge < -0.3 is 9.67 Å². The number of pyridine rings is 1. The van der Waals surface area contributed by atoms with Crippen molar-refractivity contribution in [3.63, 3.8) is 0 Å². The Morgan fingerprint density at radius 3 is 3.15 bits per heavy atom. The van der Waals surface area contributed by atoms with Crippen molar-refractivity contribution in [1.82, 2.24) is 9.55 Å². The molecule has 0 saturated carbocycles. The molecule has 13 heavy (non-hydrogen) atoms. The van der Waals surface area contributed by atoms with E-state index >= 15 is 0 Å². The van der Waals surface area contributed by atoms with Crippen LogP contribution in [0.3, 0.4) is 0 Å². The molecular formula is C10H12N2O. The van der Waals surface area contributed by atoms with E-state index in [0.29, 0.717) is 6.54 Å². The topological polar surface area (TPSA) is 38.0 Å². The fourth-order valence-corrected chi connectivity index (χ4v) is 1.58. The van der Waals surface area contributed by atoms with Crippen molar-refractivity contribution in [2.24, 2.45) is 0 Å². The molecule has 2 heterocycles. The molecule has 2 rings (SSSR count). The number of rotatable bonds is 2. The number of aliphatic hydroxyl groups excluding tert-OH is 1. The Morgan fingerprint density at radius 1 is 1.54 bits per heavy atom. The number of hydrogen-bond donors (Lipinski definition) is 1. The number of aryl methyl sites for hydroxylation is 1. The van der Waals surface area contributed by atoms with Gasteiger partial charge in [-0.1, -0.05) is 0 Å². The Kier molecular flexibility index (Phi) is 2.02. The standard InChI is InChI=1S/C10H12N2O/c1-8-7-12(5-6-13)10-9(8)3-2-4-11-10/h2-4,7,13H,5-6H2,1H3. The molecule has 0 fully saturated rings. The highest BCUT2D eigenvalue weighted by Crippen LogP contribution is 2.17. The summed E-state index contributed by atoms with van der Waals surface area (Å²) in [5.74, 6) is 0. The molecule has 1 N–H and O–H groups in total. The normalized spacial score (nSPS) is 10.9. The zero-order valence-corrected chi connectivity index (χ0v) is 7.57. The van der Waals surface area contributed by atoms with Gasteiger partial charge in [0.25, 0.3) is 0 Å². The highest BCUT2D eigenvalue weighted by atomic mass is 16.3. The fourth-order valence-electron chi connectivity index (χ4n) is 1.58. The third-order valence-electron chi connectivity index (χ3n) is 2.17. The van der Waals surface area contributed by atoms with Crippen molar-refractivity contribution >= 4 is 11.0 Å². The quantitative estimate of drug-likeness (QED) is 0.749. The maximum absolute atomic E-state index is 8.84. The predicted octanol–water partition coefficient (Wildman–Crippen LogP) is 1.34. The fraction of sp³-hybridized carbons (Fsp3) is 0.300. The van der Waals surface area contributed by atoms with Crippen LogP contribution in [0.5, 0.6) is 0 Å². The molecule has 0 amide bonds. The molecule has 0 saturated heterocycles. The van der Waals surface area contributed by atoms with Gasteiger partial charge in [0.15, 0.2) is 0 Å². The van der Waals surface area contributed by atoms with Crippen LogP contribution >= 0.6 is 0 Å². The van der Waals surface area contributed by atoms with Crippen LogP contribution in [0.15, 0.2) is 24.5 Å². The van der Waals surface area contributed by atoms with Gasteiger partial charge in [-0.15, -0.1) is 0 Å². The number of nitrogens with zero attached hydrogens (tertiary/aromatic N) is 2. The summed E-state index contributed by atoms with van der Waals surface area (Å²) < 4.78 is 1.98. The van der Waals surface area contributed by atoms with Gasteiger partial charge in [-0.2, -0.15) is 0 Å². The van der Waals surface area contributed by atoms with Crippen molar-refractivity contribution in [2.45, 2.75) is 13.5 Å². The van der Waals surface area contributed by atoms with E-state index in [1.54, 1.807) is 6.20 Å². The molecule has 68 valence electrons. The molecule has 0 bridgehead atoms. The lowest BCUT2D eigenvalue weighted by Crippen LogP contribution is -2.00. The molecule has 3 heteroatoms. The molecule has 0 unspecified atom stereocenters. The van der Waals surface area contributed by atoms with Crippen LogP contribution in [0, 0.1) is 6.92 Å². The lowest BCUT2D eigenvalue weighted by atomic mass is 10.2. The third kappa shape index (κ3) is 1.31. The summed E-state index contributed by atoms with van der Waals surface area (Å²) in [7, 11) is 0. The van der Waals surface area contributed by atoms with Gasteiger partial charge in [-0.25, -0.2) is 4.98 Å². The minimum absolute atomic E-state index is 0.153. The van der Waals surface area contributed by atoms with E-state index in [-0.39, 0.29) is 6.61 Å². The van der Waals surface area contributed by atoms with Gasteiger partial charge >= 0.3 is 0 Å². The van der Waals surface area contributed by atoms with E-state index in [4.69, 9.17) is 5.11 Å². The summed E-state index contributed by atoms with van der Waals surface area (Å²) in [6, 6.07) is 3.98. The lowest BCUT2D eigenvalue weighted by Gasteiger charge is -1.99. The van der Waals surface area contributed by atoms with E-state index in [1.165, 1.54) is 5.56 Å². The molecule has 3 nitrogen and oxygen atoms in total. The van der Waals surface area contributed by atoms with Crippen molar-refractivity contribution < 1.29 is 5.11 Å². The highest BCUT2D eigenvalue weighted by Gasteiger charge is 2.04. The summed E-state index contributed by atoms with van der Waals surface area (Å²) in [4.78, 5) is 4.27. The first kappa shape index (κ1) is 8.26. The van der Waals surface area contributed by atoms with Gasteiger partial charge in [-0.3, -0.25) is 0 Å². The van der Waals surface area contributed by atoms with Gasteiger partial charge in [-0.05, 0) is 24.6 Å². The van der Waals surface area contributed by atoms with Gasteiger partial charge in [0.2, 0.25) is 0 Å². The lowest BCUT2D eigenvalue weighted by molar-refractivity contribution is 0.278. The number of aliphatic hydroxyl groups is 1. The Labute approximate surface area is 76.6 Å². The van der Waals surface area contributed by atoms with Crippen molar-refractivity contribution in [2.75, 3.05) is 6.61 Å². The van der Waals surface area contributed by atoms with E-state index in [2.05, 4.69) is 11.9 Å². The Hall–Kier alpha value is -1.35. The maximum Gasteiger partial charge on any atom is 0.140 e. The van der Waals surface area contributed by atoms with Gasteiger partial charge in [0, 0.05) is 24.3 Å². The SMILES string of the molecule is Cc1cn(CCO)c2ncccc12. The number of aromatic nitrogens is 2. The molecule has 0 aliphatic carbocycles. The minimum Gasteiger partial charge on any atom is -0.395 e. The molecule has 2 aromatic heterocycles. The summed E-state index contributed by atoms with van der Waals surface area (Å²) in [5.41, 5.74) is 2.16.